The molecule has 2 aromatic carbocycles. The van der Waals surface area contributed by atoms with E-state index in [2.05, 4.69) is 12.2 Å². The molecular weight excluding hydrogens is 378 g/mol. The number of hydrogen-bond donors (Lipinski definition) is 1. The molecular formula is C25H33NO4. The molecule has 2 aromatic rings. The van der Waals surface area contributed by atoms with Crippen LogP contribution in [-0.2, 0) is 9.53 Å². The highest BCUT2D eigenvalue weighted by molar-refractivity contribution is 5.98. The fourth-order valence-corrected chi connectivity index (χ4v) is 3.29. The summed E-state index contributed by atoms with van der Waals surface area (Å²) in [5.41, 5.74) is 4.23. The highest BCUT2D eigenvalue weighted by atomic mass is 16.5. The molecule has 1 N–H and O–H groups in total. The minimum absolute atomic E-state index is 0.356. The third-order valence-electron chi connectivity index (χ3n) is 4.93. The molecule has 5 nitrogen and oxygen atoms in total. The van der Waals surface area contributed by atoms with E-state index in [9.17, 15) is 9.59 Å². The second-order valence-electron chi connectivity index (χ2n) is 7.74. The zero-order valence-corrected chi connectivity index (χ0v) is 18.7. The maximum absolute atomic E-state index is 12.5. The molecule has 1 unspecified atom stereocenters. The molecule has 0 fully saturated rings. The van der Waals surface area contributed by atoms with Gasteiger partial charge in [0.2, 0.25) is 0 Å². The Balaban J connectivity index is 1.88. The van der Waals surface area contributed by atoms with Crippen molar-refractivity contribution in [2.75, 3.05) is 11.9 Å². The first-order valence-corrected chi connectivity index (χ1v) is 10.6. The minimum Gasteiger partial charge on any atom is -0.494 e. The summed E-state index contributed by atoms with van der Waals surface area (Å²) in [6.07, 6.45) is 3.67. The van der Waals surface area contributed by atoms with E-state index < -0.39 is 12.1 Å². The van der Waals surface area contributed by atoms with Crippen LogP contribution in [0.2, 0.25) is 0 Å². The summed E-state index contributed by atoms with van der Waals surface area (Å²) in [6, 6.07) is 10.8. The summed E-state index contributed by atoms with van der Waals surface area (Å²) in [5.74, 6) is -0.172. The first-order valence-electron chi connectivity index (χ1n) is 10.6. The summed E-state index contributed by atoms with van der Waals surface area (Å²) >= 11 is 0. The smallest absolute Gasteiger partial charge is 0.338 e. The number of amides is 1. The summed E-state index contributed by atoms with van der Waals surface area (Å²) in [7, 11) is 0. The van der Waals surface area contributed by atoms with Gasteiger partial charge in [0.25, 0.3) is 5.91 Å². The molecule has 0 aliphatic rings. The standard InChI is InChI=1S/C25H33NO4/c1-6-7-8-9-14-29-22-12-10-21(11-13-22)25(28)30-20(5)24(27)26-23-18(3)15-17(2)16-19(23)4/h10-13,15-16,20H,6-9,14H2,1-5H3,(H,26,27). The number of hydrogen-bond acceptors (Lipinski definition) is 4. The van der Waals surface area contributed by atoms with Crippen molar-refractivity contribution in [2.45, 2.75) is 66.4 Å². The third kappa shape index (κ3) is 6.90. The Morgan fingerprint density at radius 3 is 2.20 bits per heavy atom. The maximum Gasteiger partial charge on any atom is 0.338 e. The van der Waals surface area contributed by atoms with Gasteiger partial charge in [-0.2, -0.15) is 0 Å². The van der Waals surface area contributed by atoms with Crippen LogP contribution in [0.5, 0.6) is 5.75 Å². The Morgan fingerprint density at radius 1 is 0.967 bits per heavy atom. The number of carbonyl (C=O) groups excluding carboxylic acids is 2. The number of aryl methyl sites for hydroxylation is 3. The summed E-state index contributed by atoms with van der Waals surface area (Å²) in [6.45, 7) is 10.3. The van der Waals surface area contributed by atoms with Crippen molar-refractivity contribution in [3.05, 3.63) is 58.7 Å². The van der Waals surface area contributed by atoms with Gasteiger partial charge >= 0.3 is 5.97 Å². The normalized spacial score (nSPS) is 11.6. The number of ether oxygens (including phenoxy) is 2. The highest BCUT2D eigenvalue weighted by Crippen LogP contribution is 2.22. The highest BCUT2D eigenvalue weighted by Gasteiger charge is 2.20. The lowest BCUT2D eigenvalue weighted by Gasteiger charge is -2.17. The van der Waals surface area contributed by atoms with E-state index in [4.69, 9.17) is 9.47 Å². The van der Waals surface area contributed by atoms with E-state index in [0.29, 0.717) is 12.2 Å². The fourth-order valence-electron chi connectivity index (χ4n) is 3.29. The SMILES string of the molecule is CCCCCCOc1ccc(C(=O)OC(C)C(=O)Nc2c(C)cc(C)cc2C)cc1. The Kier molecular flexibility index (Phi) is 8.90. The summed E-state index contributed by atoms with van der Waals surface area (Å²) in [5, 5.41) is 2.87. The van der Waals surface area contributed by atoms with Gasteiger partial charge in [0.15, 0.2) is 6.10 Å². The molecule has 30 heavy (non-hydrogen) atoms. The van der Waals surface area contributed by atoms with Gasteiger partial charge < -0.3 is 14.8 Å². The Hall–Kier alpha value is -2.82. The third-order valence-corrected chi connectivity index (χ3v) is 4.93. The van der Waals surface area contributed by atoms with Crippen LogP contribution in [-0.4, -0.2) is 24.6 Å². The number of carbonyl (C=O) groups is 2. The molecule has 0 saturated carbocycles. The van der Waals surface area contributed by atoms with Crippen LogP contribution in [0, 0.1) is 20.8 Å². The molecule has 1 amide bonds. The Labute approximate surface area is 179 Å². The van der Waals surface area contributed by atoms with Crippen molar-refractivity contribution in [1.29, 1.82) is 0 Å². The van der Waals surface area contributed by atoms with E-state index in [-0.39, 0.29) is 5.91 Å². The van der Waals surface area contributed by atoms with E-state index in [1.807, 2.05) is 32.9 Å². The maximum atomic E-state index is 12.5. The number of esters is 1. The molecule has 2 rings (SSSR count). The van der Waals surface area contributed by atoms with Gasteiger partial charge in [-0.1, -0.05) is 43.9 Å². The van der Waals surface area contributed by atoms with Crippen LogP contribution in [0.25, 0.3) is 0 Å². The van der Waals surface area contributed by atoms with Gasteiger partial charge in [-0.3, -0.25) is 4.79 Å². The quantitative estimate of drug-likeness (QED) is 0.399. The van der Waals surface area contributed by atoms with Gasteiger partial charge in [0.05, 0.1) is 12.2 Å². The van der Waals surface area contributed by atoms with Crippen LogP contribution in [0.1, 0.15) is 66.6 Å². The van der Waals surface area contributed by atoms with Crippen LogP contribution < -0.4 is 10.1 Å². The first-order chi connectivity index (χ1) is 14.3. The fraction of sp³-hybridized carbons (Fsp3) is 0.440. The zero-order valence-electron chi connectivity index (χ0n) is 18.7. The van der Waals surface area contributed by atoms with Crippen LogP contribution in [0.4, 0.5) is 5.69 Å². The number of rotatable bonds is 10. The second-order valence-corrected chi connectivity index (χ2v) is 7.74. The molecule has 0 saturated heterocycles. The average molecular weight is 412 g/mol. The monoisotopic (exact) mass is 411 g/mol. The minimum atomic E-state index is -0.910. The second kappa shape index (κ2) is 11.4. The molecule has 0 aliphatic carbocycles. The van der Waals surface area contributed by atoms with Crippen LogP contribution in [0.3, 0.4) is 0 Å². The number of benzene rings is 2. The van der Waals surface area contributed by atoms with Crippen LogP contribution in [0.15, 0.2) is 36.4 Å². The van der Waals surface area contributed by atoms with Gasteiger partial charge in [-0.15, -0.1) is 0 Å². The van der Waals surface area contributed by atoms with E-state index in [1.54, 1.807) is 31.2 Å². The molecule has 0 spiro atoms. The first kappa shape index (κ1) is 23.5. The number of nitrogens with one attached hydrogen (secondary N) is 1. The Morgan fingerprint density at radius 2 is 1.60 bits per heavy atom. The molecule has 0 heterocycles. The predicted octanol–water partition coefficient (Wildman–Crippen LogP) is 5.75. The number of anilines is 1. The van der Waals surface area contributed by atoms with Gasteiger partial charge in [0, 0.05) is 5.69 Å². The lowest BCUT2D eigenvalue weighted by atomic mass is 10.0. The summed E-state index contributed by atoms with van der Waals surface area (Å²) < 4.78 is 11.0. The van der Waals surface area contributed by atoms with Crippen molar-refractivity contribution in [3.63, 3.8) is 0 Å². The van der Waals surface area contributed by atoms with Crippen molar-refractivity contribution >= 4 is 17.6 Å². The van der Waals surface area contributed by atoms with E-state index in [0.717, 1.165) is 41.0 Å². The van der Waals surface area contributed by atoms with E-state index in [1.165, 1.54) is 12.8 Å². The molecule has 0 bridgehead atoms. The predicted molar refractivity (Wildman–Crippen MR) is 120 cm³/mol. The molecule has 1 atom stereocenters. The van der Waals surface area contributed by atoms with Crippen molar-refractivity contribution in [3.8, 4) is 5.75 Å². The van der Waals surface area contributed by atoms with Gasteiger partial charge in [0.1, 0.15) is 5.75 Å². The van der Waals surface area contributed by atoms with Crippen LogP contribution >= 0.6 is 0 Å². The summed E-state index contributed by atoms with van der Waals surface area (Å²) in [4.78, 5) is 24.9. The van der Waals surface area contributed by atoms with Crippen molar-refractivity contribution < 1.29 is 19.1 Å². The molecule has 0 aromatic heterocycles. The van der Waals surface area contributed by atoms with Crippen molar-refractivity contribution in [1.82, 2.24) is 0 Å². The van der Waals surface area contributed by atoms with Crippen molar-refractivity contribution in [2.24, 2.45) is 0 Å². The average Bonchev–Trinajstić information content (AvgIpc) is 2.70. The lowest BCUT2D eigenvalue weighted by Crippen LogP contribution is -2.30. The van der Waals surface area contributed by atoms with Gasteiger partial charge in [-0.25, -0.2) is 4.79 Å². The number of unbranched alkanes of at least 4 members (excludes halogenated alkanes) is 3. The van der Waals surface area contributed by atoms with E-state index >= 15 is 0 Å². The lowest BCUT2D eigenvalue weighted by molar-refractivity contribution is -0.123. The molecule has 0 radical (unpaired) electrons. The largest absolute Gasteiger partial charge is 0.494 e. The molecule has 5 heteroatoms. The molecule has 0 aliphatic heterocycles. The van der Waals surface area contributed by atoms with Gasteiger partial charge in [-0.05, 0) is 69.5 Å². The Bertz CT molecular complexity index is 835. The topological polar surface area (TPSA) is 64.6 Å². The zero-order chi connectivity index (χ0) is 22.1. The molecule has 162 valence electrons.